The molecule has 86 valence electrons. The van der Waals surface area contributed by atoms with Crippen molar-refractivity contribution in [2.45, 2.75) is 0 Å². The number of benzene rings is 2. The van der Waals surface area contributed by atoms with Crippen molar-refractivity contribution in [3.63, 3.8) is 0 Å². The molecule has 2 aromatic carbocycles. The van der Waals surface area contributed by atoms with E-state index >= 15 is 0 Å². The molecule has 0 spiro atoms. The van der Waals surface area contributed by atoms with Gasteiger partial charge in [-0.15, -0.1) is 0 Å². The summed E-state index contributed by atoms with van der Waals surface area (Å²) >= 11 is 1.88. The summed E-state index contributed by atoms with van der Waals surface area (Å²) in [6.45, 7) is 0. The minimum atomic E-state index is -0.383. The molecule has 0 saturated carbocycles. The second-order valence-electron chi connectivity index (χ2n) is 3.45. The van der Waals surface area contributed by atoms with Crippen molar-refractivity contribution in [3.8, 4) is 0 Å². The second kappa shape index (κ2) is 5.27. The highest BCUT2D eigenvalue weighted by Crippen LogP contribution is 2.14. The summed E-state index contributed by atoms with van der Waals surface area (Å²) in [5.74, 6) is -0.696. The summed E-state index contributed by atoms with van der Waals surface area (Å²) in [5.41, 5.74) is 1.00. The van der Waals surface area contributed by atoms with Crippen molar-refractivity contribution >= 4 is 34.2 Å². The van der Waals surface area contributed by atoms with E-state index in [-0.39, 0.29) is 11.7 Å². The van der Waals surface area contributed by atoms with Crippen LogP contribution < -0.4 is 5.32 Å². The van der Waals surface area contributed by atoms with Crippen LogP contribution in [0.5, 0.6) is 0 Å². The lowest BCUT2D eigenvalue weighted by Crippen LogP contribution is -2.12. The van der Waals surface area contributed by atoms with Crippen LogP contribution in [-0.4, -0.2) is 5.91 Å². The molecule has 0 atom stereocenters. The van der Waals surface area contributed by atoms with E-state index in [9.17, 15) is 9.18 Å². The highest BCUT2D eigenvalue weighted by Gasteiger charge is 2.08. The zero-order chi connectivity index (χ0) is 12.3. The summed E-state index contributed by atoms with van der Waals surface area (Å²) in [7, 11) is 0. The van der Waals surface area contributed by atoms with E-state index < -0.39 is 0 Å². The third kappa shape index (κ3) is 3.03. The zero-order valence-electron chi connectivity index (χ0n) is 8.78. The largest absolute Gasteiger partial charge is 0.322 e. The van der Waals surface area contributed by atoms with E-state index in [4.69, 9.17) is 0 Å². The Kier molecular flexibility index (Phi) is 3.73. The number of hydrogen-bond acceptors (Lipinski definition) is 1. The van der Waals surface area contributed by atoms with Gasteiger partial charge in [-0.2, -0.15) is 0 Å². The molecular formula is C13H9FINO. The number of hydrogen-bond donors (Lipinski definition) is 1. The minimum absolute atomic E-state index is 0.312. The van der Waals surface area contributed by atoms with E-state index in [1.165, 1.54) is 6.07 Å². The first-order chi connectivity index (χ1) is 8.16. The maximum atomic E-state index is 13.3. The molecule has 1 amide bonds. The van der Waals surface area contributed by atoms with Gasteiger partial charge in [0.1, 0.15) is 5.82 Å². The predicted octanol–water partition coefficient (Wildman–Crippen LogP) is 3.68. The predicted molar refractivity (Wildman–Crippen MR) is 73.5 cm³/mol. The van der Waals surface area contributed by atoms with Crippen LogP contribution in [0.4, 0.5) is 10.1 Å². The molecule has 0 fully saturated rings. The molecule has 4 heteroatoms. The fraction of sp³-hybridized carbons (Fsp3) is 0. The van der Waals surface area contributed by atoms with Gasteiger partial charge in [0.15, 0.2) is 0 Å². The monoisotopic (exact) mass is 341 g/mol. The third-order valence-electron chi connectivity index (χ3n) is 2.21. The molecular weight excluding hydrogens is 332 g/mol. The number of nitrogens with one attached hydrogen (secondary N) is 1. The standard InChI is InChI=1S/C13H9FINO/c14-11-8-9(6-7-12(11)15)13(17)16-10-4-2-1-3-5-10/h1-8H,(H,16,17). The molecule has 1 N–H and O–H groups in total. The number of rotatable bonds is 2. The van der Waals surface area contributed by atoms with E-state index in [0.29, 0.717) is 14.8 Å². The van der Waals surface area contributed by atoms with Crippen LogP contribution in [0, 0.1) is 9.39 Å². The fourth-order valence-corrected chi connectivity index (χ4v) is 1.70. The highest BCUT2D eigenvalue weighted by atomic mass is 127. The molecule has 17 heavy (non-hydrogen) atoms. The molecule has 0 aromatic heterocycles. The van der Waals surface area contributed by atoms with Gasteiger partial charge in [0.25, 0.3) is 5.91 Å². The normalized spacial score (nSPS) is 10.0. The van der Waals surface area contributed by atoms with Crippen molar-refractivity contribution in [1.82, 2.24) is 0 Å². The van der Waals surface area contributed by atoms with Gasteiger partial charge in [0.2, 0.25) is 0 Å². The Labute approximate surface area is 112 Å². The van der Waals surface area contributed by atoms with Gasteiger partial charge in [0, 0.05) is 14.8 Å². The Morgan fingerprint density at radius 3 is 2.47 bits per heavy atom. The first kappa shape index (κ1) is 12.0. The zero-order valence-corrected chi connectivity index (χ0v) is 10.9. The minimum Gasteiger partial charge on any atom is -0.322 e. The van der Waals surface area contributed by atoms with Gasteiger partial charge in [-0.3, -0.25) is 4.79 Å². The SMILES string of the molecule is O=C(Nc1ccccc1)c1ccc(I)c(F)c1. The van der Waals surface area contributed by atoms with E-state index in [2.05, 4.69) is 5.32 Å². The number of carbonyl (C=O) groups is 1. The summed E-state index contributed by atoms with van der Waals surface area (Å²) < 4.78 is 13.8. The molecule has 2 nitrogen and oxygen atoms in total. The Balaban J connectivity index is 2.18. The van der Waals surface area contributed by atoms with Crippen molar-refractivity contribution < 1.29 is 9.18 Å². The Morgan fingerprint density at radius 2 is 1.82 bits per heavy atom. The maximum absolute atomic E-state index is 13.3. The Morgan fingerprint density at radius 1 is 1.12 bits per heavy atom. The molecule has 0 heterocycles. The Bertz CT molecular complexity index is 542. The maximum Gasteiger partial charge on any atom is 0.255 e. The number of amides is 1. The first-order valence-corrected chi connectivity index (χ1v) is 6.06. The lowest BCUT2D eigenvalue weighted by molar-refractivity contribution is 0.102. The van der Waals surface area contributed by atoms with Crippen molar-refractivity contribution in [1.29, 1.82) is 0 Å². The fourth-order valence-electron chi connectivity index (χ4n) is 1.36. The third-order valence-corrected chi connectivity index (χ3v) is 3.09. The van der Waals surface area contributed by atoms with E-state index in [1.807, 2.05) is 40.8 Å². The molecule has 0 saturated heterocycles. The second-order valence-corrected chi connectivity index (χ2v) is 4.61. The van der Waals surface area contributed by atoms with Crippen LogP contribution >= 0.6 is 22.6 Å². The topological polar surface area (TPSA) is 29.1 Å². The molecule has 2 rings (SSSR count). The number of halogens is 2. The molecule has 0 bridgehead atoms. The van der Waals surface area contributed by atoms with Crippen LogP contribution in [0.3, 0.4) is 0 Å². The molecule has 0 unspecified atom stereocenters. The lowest BCUT2D eigenvalue weighted by Gasteiger charge is -2.05. The van der Waals surface area contributed by atoms with Gasteiger partial charge in [-0.05, 0) is 52.9 Å². The van der Waals surface area contributed by atoms with Crippen LogP contribution in [0.2, 0.25) is 0 Å². The molecule has 2 aromatic rings. The number of anilines is 1. The van der Waals surface area contributed by atoms with Crippen molar-refractivity contribution in [2.75, 3.05) is 5.32 Å². The van der Waals surface area contributed by atoms with Gasteiger partial charge in [0.05, 0.1) is 0 Å². The van der Waals surface area contributed by atoms with Gasteiger partial charge in [-0.1, -0.05) is 18.2 Å². The van der Waals surface area contributed by atoms with E-state index in [0.717, 1.165) is 0 Å². The van der Waals surface area contributed by atoms with Crippen molar-refractivity contribution in [2.24, 2.45) is 0 Å². The first-order valence-electron chi connectivity index (χ1n) is 4.98. The highest BCUT2D eigenvalue weighted by molar-refractivity contribution is 14.1. The quantitative estimate of drug-likeness (QED) is 0.830. The Hall–Kier alpha value is -1.43. The van der Waals surface area contributed by atoms with Crippen molar-refractivity contribution in [3.05, 3.63) is 63.5 Å². The van der Waals surface area contributed by atoms with Crippen LogP contribution in [0.1, 0.15) is 10.4 Å². The summed E-state index contributed by atoms with van der Waals surface area (Å²) in [6, 6.07) is 13.5. The molecule has 0 aliphatic rings. The summed E-state index contributed by atoms with van der Waals surface area (Å²) in [5, 5.41) is 2.70. The number of carbonyl (C=O) groups excluding carboxylic acids is 1. The average Bonchev–Trinajstić information content (AvgIpc) is 2.34. The van der Waals surface area contributed by atoms with E-state index in [1.54, 1.807) is 24.3 Å². The molecule has 0 radical (unpaired) electrons. The number of para-hydroxylation sites is 1. The summed E-state index contributed by atoms with van der Waals surface area (Å²) in [4.78, 5) is 11.8. The van der Waals surface area contributed by atoms with Crippen LogP contribution in [0.15, 0.2) is 48.5 Å². The molecule has 0 aliphatic carbocycles. The molecule has 0 aliphatic heterocycles. The van der Waals surface area contributed by atoms with Gasteiger partial charge < -0.3 is 5.32 Å². The van der Waals surface area contributed by atoms with Crippen LogP contribution in [0.25, 0.3) is 0 Å². The van der Waals surface area contributed by atoms with Gasteiger partial charge in [-0.25, -0.2) is 4.39 Å². The average molecular weight is 341 g/mol. The van der Waals surface area contributed by atoms with Crippen LogP contribution in [-0.2, 0) is 0 Å². The summed E-state index contributed by atoms with van der Waals surface area (Å²) in [6.07, 6.45) is 0. The smallest absolute Gasteiger partial charge is 0.255 e. The van der Waals surface area contributed by atoms with Gasteiger partial charge >= 0.3 is 0 Å². The lowest BCUT2D eigenvalue weighted by atomic mass is 10.2.